The first-order valence-corrected chi connectivity index (χ1v) is 11.6. The van der Waals surface area contributed by atoms with Crippen LogP contribution in [0, 0.1) is 11.7 Å². The number of carbonyl (C=O) groups is 2. The Balaban J connectivity index is 0.000000302. The summed E-state index contributed by atoms with van der Waals surface area (Å²) in [5.74, 6) is -1.13. The van der Waals surface area contributed by atoms with Crippen molar-refractivity contribution in [1.82, 2.24) is 9.47 Å². The minimum atomic E-state index is -0.601. The van der Waals surface area contributed by atoms with E-state index in [1.165, 1.54) is 34.1 Å². The molecule has 0 radical (unpaired) electrons. The van der Waals surface area contributed by atoms with E-state index in [0.29, 0.717) is 21.4 Å². The highest BCUT2D eigenvalue weighted by atomic mass is 35.5. The average Bonchev–Trinajstić information content (AvgIpc) is 3.45. The highest BCUT2D eigenvalue weighted by molar-refractivity contribution is 7.17. The fourth-order valence-electron chi connectivity index (χ4n) is 3.44. The summed E-state index contributed by atoms with van der Waals surface area (Å²) in [5, 5.41) is 11.7. The normalized spacial score (nSPS) is 15.4. The second-order valence-corrected chi connectivity index (χ2v) is 9.38. The monoisotopic (exact) mass is 506 g/mol. The molecule has 1 aliphatic rings. The van der Waals surface area contributed by atoms with Crippen molar-refractivity contribution >= 4 is 40.4 Å². The molecule has 0 bridgehead atoms. The molecule has 0 saturated carbocycles. The number of anilines is 1. The van der Waals surface area contributed by atoms with E-state index in [-0.39, 0.29) is 36.2 Å². The Kier molecular flexibility index (Phi) is 8.94. The largest absolute Gasteiger partial charge is 0.396 e. The summed E-state index contributed by atoms with van der Waals surface area (Å²) in [7, 11) is 0. The van der Waals surface area contributed by atoms with Crippen LogP contribution in [0.1, 0.15) is 16.1 Å². The molecule has 2 amide bonds. The number of benzene rings is 1. The van der Waals surface area contributed by atoms with E-state index in [4.69, 9.17) is 22.4 Å². The van der Waals surface area contributed by atoms with Gasteiger partial charge in [-0.1, -0.05) is 17.7 Å². The van der Waals surface area contributed by atoms with E-state index in [0.717, 1.165) is 13.0 Å². The third-order valence-electron chi connectivity index (χ3n) is 5.14. The molecule has 1 atom stereocenters. The molecule has 1 fully saturated rings. The molecule has 180 valence electrons. The molecule has 0 spiro atoms. The van der Waals surface area contributed by atoms with Crippen LogP contribution in [0.25, 0.3) is 5.69 Å². The number of halogens is 2. The maximum Gasteiger partial charge on any atom is 0.258 e. The molecular weight excluding hydrogens is 483 g/mol. The average molecular weight is 507 g/mol. The van der Waals surface area contributed by atoms with Crippen LogP contribution < -0.4 is 16.6 Å². The second-order valence-electron chi connectivity index (χ2n) is 7.66. The van der Waals surface area contributed by atoms with E-state index < -0.39 is 11.7 Å². The maximum atomic E-state index is 14.3. The van der Waals surface area contributed by atoms with Gasteiger partial charge in [-0.05, 0) is 49.2 Å². The summed E-state index contributed by atoms with van der Waals surface area (Å²) in [6, 6.07) is 12.2. The van der Waals surface area contributed by atoms with E-state index in [9.17, 15) is 18.8 Å². The minimum Gasteiger partial charge on any atom is -0.396 e. The Morgan fingerprint density at radius 3 is 2.59 bits per heavy atom. The Morgan fingerprint density at radius 2 is 2.03 bits per heavy atom. The van der Waals surface area contributed by atoms with Crippen molar-refractivity contribution in [2.45, 2.75) is 6.42 Å². The number of nitrogens with one attached hydrogen (secondary N) is 1. The summed E-state index contributed by atoms with van der Waals surface area (Å²) in [4.78, 5) is 36.7. The zero-order valence-corrected chi connectivity index (χ0v) is 19.7. The summed E-state index contributed by atoms with van der Waals surface area (Å²) in [6.07, 6.45) is 2.42. The highest BCUT2D eigenvalue weighted by Gasteiger charge is 2.23. The zero-order valence-electron chi connectivity index (χ0n) is 18.1. The molecule has 1 saturated heterocycles. The Hall–Kier alpha value is -3.05. The molecule has 4 rings (SSSR count). The fourth-order valence-corrected chi connectivity index (χ4v) is 4.34. The van der Waals surface area contributed by atoms with Crippen LogP contribution in [0.5, 0.6) is 0 Å². The van der Waals surface area contributed by atoms with Crippen LogP contribution in [0.15, 0.2) is 59.5 Å². The van der Waals surface area contributed by atoms with Gasteiger partial charge in [-0.15, -0.1) is 11.3 Å². The minimum absolute atomic E-state index is 0.0793. The molecule has 34 heavy (non-hydrogen) atoms. The highest BCUT2D eigenvalue weighted by Crippen LogP contribution is 2.20. The van der Waals surface area contributed by atoms with Crippen LogP contribution in [0.4, 0.5) is 10.1 Å². The summed E-state index contributed by atoms with van der Waals surface area (Å²) >= 11 is 6.70. The topological polar surface area (TPSA) is 118 Å². The molecule has 0 aliphatic carbocycles. The molecule has 1 aromatic carbocycles. The number of aromatic nitrogens is 1. The lowest BCUT2D eigenvalue weighted by Gasteiger charge is -2.15. The van der Waals surface area contributed by atoms with Crippen molar-refractivity contribution in [2.75, 3.05) is 31.6 Å². The number of pyridine rings is 1. The van der Waals surface area contributed by atoms with Crippen molar-refractivity contribution in [3.05, 3.63) is 80.1 Å². The zero-order chi connectivity index (χ0) is 24.7. The first-order valence-electron chi connectivity index (χ1n) is 10.4. The number of thiophene rings is 1. The Morgan fingerprint density at radius 1 is 1.24 bits per heavy atom. The number of amides is 2. The summed E-state index contributed by atoms with van der Waals surface area (Å²) < 4.78 is 16.2. The predicted molar refractivity (Wildman–Crippen MR) is 130 cm³/mol. The molecule has 4 N–H and O–H groups in total. The van der Waals surface area contributed by atoms with Crippen molar-refractivity contribution in [3.63, 3.8) is 0 Å². The smallest absolute Gasteiger partial charge is 0.258 e. The van der Waals surface area contributed by atoms with Gasteiger partial charge in [0.1, 0.15) is 5.82 Å². The van der Waals surface area contributed by atoms with E-state index >= 15 is 0 Å². The third kappa shape index (κ3) is 6.97. The lowest BCUT2D eigenvalue weighted by Crippen LogP contribution is -2.32. The molecule has 11 heteroatoms. The number of hydrogen-bond acceptors (Lipinski definition) is 6. The second kappa shape index (κ2) is 11.9. The van der Waals surface area contributed by atoms with Crippen LogP contribution >= 0.6 is 22.9 Å². The molecule has 2 aromatic heterocycles. The van der Waals surface area contributed by atoms with Crippen LogP contribution in [0.2, 0.25) is 4.34 Å². The van der Waals surface area contributed by atoms with Gasteiger partial charge in [0.25, 0.3) is 11.5 Å². The molecular formula is C23H24ClFN4O4S. The Labute approximate surface area is 204 Å². The van der Waals surface area contributed by atoms with E-state index in [2.05, 4.69) is 5.32 Å². The number of hydrogen-bond donors (Lipinski definition) is 3. The number of nitrogens with zero attached hydrogens (tertiary/aromatic N) is 2. The predicted octanol–water partition coefficient (Wildman–Crippen LogP) is 2.73. The standard InChI is InChI=1S/C18H20FN3O3.C5H4ClNOS/c19-15-9-14(22-7-2-1-3-18(22)25)4-5-16(15)20-17(24)11-21-8-6-13(10-21)12-23;6-4-2-1-3(9-4)5(7)8/h1-5,7,9,13,23H,6,8,10-12H2,(H,20,24);1-2H,(H2,7,8). The van der Waals surface area contributed by atoms with Crippen molar-refractivity contribution in [1.29, 1.82) is 0 Å². The van der Waals surface area contributed by atoms with Gasteiger partial charge in [-0.2, -0.15) is 0 Å². The molecule has 3 aromatic rings. The van der Waals surface area contributed by atoms with Gasteiger partial charge in [0.15, 0.2) is 0 Å². The molecule has 8 nitrogen and oxygen atoms in total. The van der Waals surface area contributed by atoms with Gasteiger partial charge in [-0.3, -0.25) is 23.9 Å². The Bertz CT molecular complexity index is 1220. The number of rotatable bonds is 6. The number of carbonyl (C=O) groups excluding carboxylic acids is 2. The van der Waals surface area contributed by atoms with Crippen molar-refractivity contribution in [2.24, 2.45) is 11.7 Å². The SMILES string of the molecule is NC(=O)c1ccc(Cl)s1.O=C(CN1CCC(CO)C1)Nc1ccc(-n2ccccc2=O)cc1F. The summed E-state index contributed by atoms with van der Waals surface area (Å²) in [5.41, 5.74) is 5.16. The quantitative estimate of drug-likeness (QED) is 0.475. The lowest BCUT2D eigenvalue weighted by atomic mass is 10.1. The van der Waals surface area contributed by atoms with Crippen LogP contribution in [0.3, 0.4) is 0 Å². The van der Waals surface area contributed by atoms with Gasteiger partial charge < -0.3 is 16.2 Å². The van der Waals surface area contributed by atoms with Gasteiger partial charge in [0.05, 0.1) is 27.1 Å². The number of aliphatic hydroxyl groups excluding tert-OH is 1. The third-order valence-corrected chi connectivity index (χ3v) is 6.38. The number of aliphatic hydroxyl groups is 1. The van der Waals surface area contributed by atoms with Gasteiger partial charge in [0.2, 0.25) is 5.91 Å². The maximum absolute atomic E-state index is 14.3. The first kappa shape index (κ1) is 25.6. The van der Waals surface area contributed by atoms with Gasteiger partial charge in [0, 0.05) is 31.5 Å². The number of nitrogens with two attached hydrogens (primary N) is 1. The van der Waals surface area contributed by atoms with Crippen molar-refractivity contribution < 1.29 is 19.1 Å². The summed E-state index contributed by atoms with van der Waals surface area (Å²) in [6.45, 7) is 1.70. The number of likely N-dealkylation sites (tertiary alicyclic amines) is 1. The number of primary amides is 1. The van der Waals surface area contributed by atoms with Gasteiger partial charge in [-0.25, -0.2) is 4.39 Å². The van der Waals surface area contributed by atoms with Gasteiger partial charge >= 0.3 is 0 Å². The first-order chi connectivity index (χ1) is 16.3. The molecule has 1 unspecified atom stereocenters. The van der Waals surface area contributed by atoms with Crippen molar-refractivity contribution in [3.8, 4) is 5.69 Å². The molecule has 3 heterocycles. The molecule has 1 aliphatic heterocycles. The van der Waals surface area contributed by atoms with Crippen LogP contribution in [-0.4, -0.2) is 52.6 Å². The van der Waals surface area contributed by atoms with Crippen LogP contribution in [-0.2, 0) is 4.79 Å². The van der Waals surface area contributed by atoms with E-state index in [1.54, 1.807) is 36.5 Å². The van der Waals surface area contributed by atoms with E-state index in [1.807, 2.05) is 4.90 Å². The lowest BCUT2D eigenvalue weighted by molar-refractivity contribution is -0.117. The fraction of sp³-hybridized carbons (Fsp3) is 0.261.